The number of aromatic carboxylic acids is 1. The predicted octanol–water partition coefficient (Wildman–Crippen LogP) is 3.29. The van der Waals surface area contributed by atoms with Crippen LogP contribution in [0.2, 0.25) is 0 Å². The lowest BCUT2D eigenvalue weighted by Crippen LogP contribution is -2.18. The van der Waals surface area contributed by atoms with Crippen molar-refractivity contribution in [3.63, 3.8) is 0 Å². The Morgan fingerprint density at radius 2 is 1.63 bits per heavy atom. The van der Waals surface area contributed by atoms with Gasteiger partial charge in [0.2, 0.25) is 0 Å². The van der Waals surface area contributed by atoms with Crippen LogP contribution in [0, 0.1) is 11.3 Å². The Morgan fingerprint density at radius 1 is 1.11 bits per heavy atom. The molecular weight excluding hydrogens is 280 g/mol. The van der Waals surface area contributed by atoms with Crippen molar-refractivity contribution in [3.05, 3.63) is 34.4 Å². The summed E-state index contributed by atoms with van der Waals surface area (Å²) in [5.74, 6) is -2.13. The normalized spacial score (nSPS) is 12.1. The van der Waals surface area contributed by atoms with E-state index in [1.165, 1.54) is 0 Å². The van der Waals surface area contributed by atoms with Gasteiger partial charge in [0.1, 0.15) is 6.07 Å². The summed E-state index contributed by atoms with van der Waals surface area (Å²) in [5, 5.41) is 17.1. The molecule has 19 heavy (non-hydrogen) atoms. The quantitative estimate of drug-likeness (QED) is 0.804. The molecule has 1 aromatic rings. The van der Waals surface area contributed by atoms with Crippen LogP contribution >= 0.6 is 0 Å². The molecule has 0 aliphatic carbocycles. The Kier molecular flexibility index (Phi) is 3.48. The zero-order chi connectivity index (χ0) is 15.0. The van der Waals surface area contributed by atoms with Gasteiger partial charge >= 0.3 is 18.3 Å². The minimum atomic E-state index is -5.32. The minimum Gasteiger partial charge on any atom is -0.478 e. The maximum atomic E-state index is 12.6. The van der Waals surface area contributed by atoms with Gasteiger partial charge in [0, 0.05) is 0 Å². The second-order valence-corrected chi connectivity index (χ2v) is 3.36. The molecule has 3 nitrogen and oxygen atoms in total. The largest absolute Gasteiger partial charge is 0.478 e. The minimum absolute atomic E-state index is 0.0681. The third-order valence-corrected chi connectivity index (χ3v) is 2.11. The molecule has 0 radical (unpaired) electrons. The molecule has 0 bridgehead atoms. The summed E-state index contributed by atoms with van der Waals surface area (Å²) in [6.45, 7) is 0. The lowest BCUT2D eigenvalue weighted by Gasteiger charge is -2.15. The number of hydrogen-bond donors (Lipinski definition) is 1. The van der Waals surface area contributed by atoms with Crippen molar-refractivity contribution >= 4 is 5.97 Å². The molecule has 1 rings (SSSR count). The summed E-state index contributed by atoms with van der Waals surface area (Å²) in [4.78, 5) is 10.7. The fourth-order valence-corrected chi connectivity index (χ4v) is 1.35. The molecule has 0 aliphatic heterocycles. The number of carbonyl (C=O) groups is 1. The number of nitriles is 1. The Hall–Kier alpha value is -2.24. The van der Waals surface area contributed by atoms with Crippen LogP contribution in [-0.4, -0.2) is 11.1 Å². The number of halogens is 6. The monoisotopic (exact) mass is 283 g/mol. The van der Waals surface area contributed by atoms with Crippen LogP contribution in [0.25, 0.3) is 0 Å². The Labute approximate surface area is 101 Å². The van der Waals surface area contributed by atoms with Crippen molar-refractivity contribution in [2.75, 3.05) is 0 Å². The van der Waals surface area contributed by atoms with Crippen LogP contribution < -0.4 is 0 Å². The Morgan fingerprint density at radius 3 is 1.95 bits per heavy atom. The SMILES string of the molecule is N#Cc1cc(C(F)(F)F)cc(C(F)(F)F)c1C(=O)O. The number of alkyl halides is 6. The van der Waals surface area contributed by atoms with Gasteiger partial charge in [-0.1, -0.05) is 0 Å². The summed E-state index contributed by atoms with van der Waals surface area (Å²) in [7, 11) is 0. The Balaban J connectivity index is 3.77. The molecule has 0 saturated carbocycles. The number of hydrogen-bond acceptors (Lipinski definition) is 2. The smallest absolute Gasteiger partial charge is 0.417 e. The molecule has 0 saturated heterocycles. The molecule has 0 unspecified atom stereocenters. The highest BCUT2D eigenvalue weighted by molar-refractivity contribution is 5.92. The van der Waals surface area contributed by atoms with Crippen molar-refractivity contribution in [2.45, 2.75) is 12.4 Å². The molecule has 0 heterocycles. The van der Waals surface area contributed by atoms with Crippen LogP contribution in [-0.2, 0) is 12.4 Å². The van der Waals surface area contributed by atoms with E-state index >= 15 is 0 Å². The van der Waals surface area contributed by atoms with E-state index in [2.05, 4.69) is 0 Å². The van der Waals surface area contributed by atoms with E-state index in [0.717, 1.165) is 6.07 Å². The van der Waals surface area contributed by atoms with Gasteiger partial charge in [-0.25, -0.2) is 4.79 Å². The molecule has 102 valence electrons. The zero-order valence-electron chi connectivity index (χ0n) is 8.73. The molecule has 9 heteroatoms. The molecule has 0 aliphatic rings. The number of nitrogens with zero attached hydrogens (tertiary/aromatic N) is 1. The van der Waals surface area contributed by atoms with Gasteiger partial charge in [-0.15, -0.1) is 0 Å². The Bertz CT molecular complexity index is 567. The summed E-state index contributed by atoms with van der Waals surface area (Å²) in [6, 6.07) is 0.760. The molecule has 0 fully saturated rings. The zero-order valence-corrected chi connectivity index (χ0v) is 8.73. The molecule has 1 N–H and O–H groups in total. The van der Waals surface area contributed by atoms with Crippen molar-refractivity contribution < 1.29 is 36.2 Å². The lowest BCUT2D eigenvalue weighted by molar-refractivity contribution is -0.143. The van der Waals surface area contributed by atoms with Gasteiger partial charge in [-0.05, 0) is 12.1 Å². The second kappa shape index (κ2) is 4.46. The van der Waals surface area contributed by atoms with Crippen LogP contribution in [0.1, 0.15) is 27.0 Å². The predicted molar refractivity (Wildman–Crippen MR) is 48.1 cm³/mol. The first-order chi connectivity index (χ1) is 8.48. The fourth-order valence-electron chi connectivity index (χ4n) is 1.35. The van der Waals surface area contributed by atoms with E-state index in [0.29, 0.717) is 0 Å². The highest BCUT2D eigenvalue weighted by atomic mass is 19.4. The van der Waals surface area contributed by atoms with Gasteiger partial charge < -0.3 is 5.11 Å². The van der Waals surface area contributed by atoms with Crippen molar-refractivity contribution in [1.29, 1.82) is 5.26 Å². The van der Waals surface area contributed by atoms with Crippen LogP contribution in [0.15, 0.2) is 12.1 Å². The van der Waals surface area contributed by atoms with Crippen LogP contribution in [0.3, 0.4) is 0 Å². The summed E-state index contributed by atoms with van der Waals surface area (Å²) in [6.07, 6.45) is -10.4. The van der Waals surface area contributed by atoms with Crippen molar-refractivity contribution in [2.24, 2.45) is 0 Å². The van der Waals surface area contributed by atoms with E-state index in [1.807, 2.05) is 0 Å². The van der Waals surface area contributed by atoms with E-state index in [9.17, 15) is 31.1 Å². The van der Waals surface area contributed by atoms with E-state index in [4.69, 9.17) is 10.4 Å². The highest BCUT2D eigenvalue weighted by Crippen LogP contribution is 2.38. The van der Waals surface area contributed by atoms with Crippen LogP contribution in [0.5, 0.6) is 0 Å². The van der Waals surface area contributed by atoms with E-state index < -0.39 is 40.6 Å². The number of benzene rings is 1. The average Bonchev–Trinajstić information content (AvgIpc) is 2.24. The maximum absolute atomic E-state index is 12.6. The molecule has 0 aromatic heterocycles. The fraction of sp³-hybridized carbons (Fsp3) is 0.200. The summed E-state index contributed by atoms with van der Waals surface area (Å²) in [5.41, 5.74) is -6.44. The first-order valence-corrected chi connectivity index (χ1v) is 4.44. The first-order valence-electron chi connectivity index (χ1n) is 4.44. The average molecular weight is 283 g/mol. The maximum Gasteiger partial charge on any atom is 0.417 e. The van der Waals surface area contributed by atoms with Gasteiger partial charge in [0.25, 0.3) is 0 Å². The third-order valence-electron chi connectivity index (χ3n) is 2.11. The number of carboxylic acid groups (broad SMARTS) is 1. The van der Waals surface area contributed by atoms with Gasteiger partial charge in [0.15, 0.2) is 0 Å². The molecule has 1 aromatic carbocycles. The first kappa shape index (κ1) is 14.8. The topological polar surface area (TPSA) is 61.1 Å². The number of rotatable bonds is 1. The molecule has 0 amide bonds. The third kappa shape index (κ3) is 2.96. The molecular formula is C10H3F6NO2. The molecule has 0 atom stereocenters. The standard InChI is InChI=1S/C10H3F6NO2/c11-9(12,13)5-1-4(3-17)7(8(18)19)6(2-5)10(14,15)16/h1-2H,(H,18,19). The number of carboxylic acids is 1. The summed E-state index contributed by atoms with van der Waals surface area (Å²) < 4.78 is 74.8. The van der Waals surface area contributed by atoms with E-state index in [1.54, 1.807) is 0 Å². The van der Waals surface area contributed by atoms with Crippen molar-refractivity contribution in [1.82, 2.24) is 0 Å². The van der Waals surface area contributed by atoms with Crippen molar-refractivity contribution in [3.8, 4) is 6.07 Å². The molecule has 0 spiro atoms. The summed E-state index contributed by atoms with van der Waals surface area (Å²) >= 11 is 0. The second-order valence-electron chi connectivity index (χ2n) is 3.36. The van der Waals surface area contributed by atoms with Gasteiger partial charge in [0.05, 0.1) is 22.3 Å². The van der Waals surface area contributed by atoms with Crippen LogP contribution in [0.4, 0.5) is 26.3 Å². The lowest BCUT2D eigenvalue weighted by atomic mass is 9.97. The van der Waals surface area contributed by atoms with E-state index in [-0.39, 0.29) is 12.1 Å². The highest BCUT2D eigenvalue weighted by Gasteiger charge is 2.41. The van der Waals surface area contributed by atoms with Gasteiger partial charge in [-0.2, -0.15) is 31.6 Å². The van der Waals surface area contributed by atoms with Gasteiger partial charge in [-0.3, -0.25) is 0 Å².